The second-order valence-electron chi connectivity index (χ2n) is 3.99. The molecule has 0 atom stereocenters. The number of rotatable bonds is 2. The highest BCUT2D eigenvalue weighted by atomic mass is 32.1. The second-order valence-corrected chi connectivity index (χ2v) is 4.85. The standard InChI is InChI=1S/C14H12N2S/c1-10-4-6-11(7-5-10)13-9-17-14(16-13)12-3-2-8-15-12/h2-9,15H,1H3. The lowest BCUT2D eigenvalue weighted by atomic mass is 10.1. The zero-order valence-electron chi connectivity index (χ0n) is 9.47. The van der Waals surface area contributed by atoms with Gasteiger partial charge < -0.3 is 4.98 Å². The number of H-pyrrole nitrogens is 1. The highest BCUT2D eigenvalue weighted by molar-refractivity contribution is 7.13. The van der Waals surface area contributed by atoms with Crippen molar-refractivity contribution in [3.05, 3.63) is 53.5 Å². The lowest BCUT2D eigenvalue weighted by Gasteiger charge is -1.96. The van der Waals surface area contributed by atoms with Crippen LogP contribution in [0.3, 0.4) is 0 Å². The lowest BCUT2D eigenvalue weighted by molar-refractivity contribution is 1.34. The van der Waals surface area contributed by atoms with Crippen molar-refractivity contribution in [3.63, 3.8) is 0 Å². The summed E-state index contributed by atoms with van der Waals surface area (Å²) in [7, 11) is 0. The molecule has 0 aliphatic heterocycles. The Morgan fingerprint density at radius 2 is 1.94 bits per heavy atom. The number of aryl methyl sites for hydroxylation is 1. The Morgan fingerprint density at radius 1 is 1.12 bits per heavy atom. The van der Waals surface area contributed by atoms with Crippen molar-refractivity contribution in [2.75, 3.05) is 0 Å². The van der Waals surface area contributed by atoms with Crippen LogP contribution in [0.5, 0.6) is 0 Å². The number of nitrogens with zero attached hydrogens (tertiary/aromatic N) is 1. The summed E-state index contributed by atoms with van der Waals surface area (Å²) in [5.74, 6) is 0. The molecule has 0 unspecified atom stereocenters. The van der Waals surface area contributed by atoms with Crippen LogP contribution in [0.25, 0.3) is 22.0 Å². The van der Waals surface area contributed by atoms with E-state index < -0.39 is 0 Å². The van der Waals surface area contributed by atoms with Gasteiger partial charge in [-0.15, -0.1) is 11.3 Å². The molecule has 1 aromatic carbocycles. The quantitative estimate of drug-likeness (QED) is 0.717. The first-order valence-electron chi connectivity index (χ1n) is 5.49. The average Bonchev–Trinajstić information content (AvgIpc) is 3.00. The van der Waals surface area contributed by atoms with Crippen molar-refractivity contribution < 1.29 is 0 Å². The fourth-order valence-electron chi connectivity index (χ4n) is 1.72. The number of thiazole rings is 1. The van der Waals surface area contributed by atoms with Gasteiger partial charge in [0.1, 0.15) is 5.01 Å². The first-order valence-corrected chi connectivity index (χ1v) is 6.37. The van der Waals surface area contributed by atoms with Gasteiger partial charge in [-0.3, -0.25) is 0 Å². The smallest absolute Gasteiger partial charge is 0.140 e. The Kier molecular flexibility index (Phi) is 2.53. The summed E-state index contributed by atoms with van der Waals surface area (Å²) in [6.45, 7) is 2.09. The van der Waals surface area contributed by atoms with Gasteiger partial charge in [-0.2, -0.15) is 0 Å². The minimum absolute atomic E-state index is 1.03. The number of aromatic amines is 1. The van der Waals surface area contributed by atoms with Gasteiger partial charge in [-0.1, -0.05) is 29.8 Å². The molecule has 3 heteroatoms. The molecule has 0 radical (unpaired) electrons. The molecule has 0 aliphatic rings. The zero-order chi connectivity index (χ0) is 11.7. The molecule has 0 saturated carbocycles. The van der Waals surface area contributed by atoms with Crippen LogP contribution in [0.2, 0.25) is 0 Å². The van der Waals surface area contributed by atoms with Gasteiger partial charge in [0.2, 0.25) is 0 Å². The van der Waals surface area contributed by atoms with E-state index in [1.807, 2.05) is 18.3 Å². The molecule has 0 amide bonds. The van der Waals surface area contributed by atoms with Gasteiger partial charge in [0.15, 0.2) is 0 Å². The molecule has 0 spiro atoms. The fraction of sp³-hybridized carbons (Fsp3) is 0.0714. The summed E-state index contributed by atoms with van der Waals surface area (Å²) < 4.78 is 0. The van der Waals surface area contributed by atoms with E-state index in [0.29, 0.717) is 0 Å². The molecule has 2 heterocycles. The Morgan fingerprint density at radius 3 is 2.65 bits per heavy atom. The van der Waals surface area contributed by atoms with Gasteiger partial charge in [0.05, 0.1) is 11.4 Å². The van der Waals surface area contributed by atoms with Gasteiger partial charge >= 0.3 is 0 Å². The number of hydrogen-bond acceptors (Lipinski definition) is 2. The first-order chi connectivity index (χ1) is 8.33. The van der Waals surface area contributed by atoms with Crippen molar-refractivity contribution in [1.82, 2.24) is 9.97 Å². The van der Waals surface area contributed by atoms with Crippen molar-refractivity contribution >= 4 is 11.3 Å². The van der Waals surface area contributed by atoms with Crippen LogP contribution >= 0.6 is 11.3 Å². The maximum Gasteiger partial charge on any atom is 0.140 e. The van der Waals surface area contributed by atoms with Crippen LogP contribution in [0.15, 0.2) is 48.0 Å². The zero-order valence-corrected chi connectivity index (χ0v) is 10.3. The predicted molar refractivity (Wildman–Crippen MR) is 72.1 cm³/mol. The normalized spacial score (nSPS) is 10.6. The van der Waals surface area contributed by atoms with E-state index in [1.165, 1.54) is 11.1 Å². The molecular formula is C14H12N2S. The SMILES string of the molecule is Cc1ccc(-c2csc(-c3ccc[nH]3)n2)cc1. The van der Waals surface area contributed by atoms with Gasteiger partial charge in [0.25, 0.3) is 0 Å². The summed E-state index contributed by atoms with van der Waals surface area (Å²) >= 11 is 1.66. The van der Waals surface area contributed by atoms with E-state index >= 15 is 0 Å². The molecule has 84 valence electrons. The third-order valence-corrected chi connectivity index (χ3v) is 3.56. The van der Waals surface area contributed by atoms with Crippen molar-refractivity contribution in [2.24, 2.45) is 0 Å². The summed E-state index contributed by atoms with van der Waals surface area (Å²) in [6.07, 6.45) is 1.92. The number of hydrogen-bond donors (Lipinski definition) is 1. The van der Waals surface area contributed by atoms with Gasteiger partial charge in [-0.05, 0) is 19.1 Å². The highest BCUT2D eigenvalue weighted by Gasteiger charge is 2.06. The van der Waals surface area contributed by atoms with Gasteiger partial charge in [-0.25, -0.2) is 4.98 Å². The molecule has 2 nitrogen and oxygen atoms in total. The van der Waals surface area contributed by atoms with Gasteiger partial charge in [0, 0.05) is 17.1 Å². The Balaban J connectivity index is 1.98. The molecule has 0 bridgehead atoms. The highest BCUT2D eigenvalue weighted by Crippen LogP contribution is 2.27. The van der Waals surface area contributed by atoms with Crippen LogP contribution in [0, 0.1) is 6.92 Å². The summed E-state index contributed by atoms with van der Waals surface area (Å²) in [5.41, 5.74) is 4.56. The molecule has 0 aliphatic carbocycles. The third-order valence-electron chi connectivity index (χ3n) is 2.68. The van der Waals surface area contributed by atoms with E-state index in [-0.39, 0.29) is 0 Å². The summed E-state index contributed by atoms with van der Waals surface area (Å²) in [4.78, 5) is 7.82. The molecule has 3 aromatic rings. The minimum atomic E-state index is 1.03. The van der Waals surface area contributed by atoms with Crippen molar-refractivity contribution in [1.29, 1.82) is 0 Å². The number of benzene rings is 1. The molecule has 2 aromatic heterocycles. The number of aromatic nitrogens is 2. The topological polar surface area (TPSA) is 28.7 Å². The van der Waals surface area contributed by atoms with Crippen molar-refractivity contribution in [2.45, 2.75) is 6.92 Å². The van der Waals surface area contributed by atoms with Crippen LogP contribution < -0.4 is 0 Å². The Bertz CT molecular complexity index is 606. The monoisotopic (exact) mass is 240 g/mol. The second kappa shape index (κ2) is 4.18. The number of nitrogens with one attached hydrogen (secondary N) is 1. The maximum atomic E-state index is 4.64. The minimum Gasteiger partial charge on any atom is -0.359 e. The molecule has 3 rings (SSSR count). The first kappa shape index (κ1) is 10.3. The largest absolute Gasteiger partial charge is 0.359 e. The fourth-order valence-corrected chi connectivity index (χ4v) is 2.53. The van der Waals surface area contributed by atoms with E-state index in [1.54, 1.807) is 11.3 Å². The maximum absolute atomic E-state index is 4.64. The Labute approximate surface area is 104 Å². The average molecular weight is 240 g/mol. The van der Waals surface area contributed by atoms with Crippen LogP contribution in [0.4, 0.5) is 0 Å². The molecule has 1 N–H and O–H groups in total. The van der Waals surface area contributed by atoms with Crippen LogP contribution in [0.1, 0.15) is 5.56 Å². The van der Waals surface area contributed by atoms with Crippen molar-refractivity contribution in [3.8, 4) is 22.0 Å². The van der Waals surface area contributed by atoms with E-state index in [2.05, 4.69) is 46.5 Å². The summed E-state index contributed by atoms with van der Waals surface area (Å²) in [6, 6.07) is 12.5. The van der Waals surface area contributed by atoms with E-state index in [0.717, 1.165) is 16.4 Å². The molecule has 0 saturated heterocycles. The van der Waals surface area contributed by atoms with E-state index in [9.17, 15) is 0 Å². The lowest BCUT2D eigenvalue weighted by Crippen LogP contribution is -1.79. The Hall–Kier alpha value is -1.87. The van der Waals surface area contributed by atoms with Crippen LogP contribution in [-0.4, -0.2) is 9.97 Å². The summed E-state index contributed by atoms with van der Waals surface area (Å²) in [5, 5.41) is 3.13. The predicted octanol–water partition coefficient (Wildman–Crippen LogP) is 4.11. The molecule has 17 heavy (non-hydrogen) atoms. The molecule has 0 fully saturated rings. The molecular weight excluding hydrogens is 228 g/mol. The van der Waals surface area contributed by atoms with E-state index in [4.69, 9.17) is 0 Å². The van der Waals surface area contributed by atoms with Crippen LogP contribution in [-0.2, 0) is 0 Å². The third kappa shape index (κ3) is 2.01.